The lowest BCUT2D eigenvalue weighted by Crippen LogP contribution is -2.28. The Labute approximate surface area is 94.2 Å². The second-order valence-electron chi connectivity index (χ2n) is 3.10. The molecule has 0 saturated carbocycles. The lowest BCUT2D eigenvalue weighted by Gasteiger charge is -2.08. The van der Waals surface area contributed by atoms with Gasteiger partial charge < -0.3 is 11.1 Å². The molecule has 0 aliphatic carbocycles. The summed E-state index contributed by atoms with van der Waals surface area (Å²) in [6.07, 6.45) is 3.10. The molecule has 0 saturated heterocycles. The van der Waals surface area contributed by atoms with E-state index in [0.717, 1.165) is 4.31 Å². The first-order valence-electron chi connectivity index (χ1n) is 4.37. The summed E-state index contributed by atoms with van der Waals surface area (Å²) in [4.78, 5) is 3.84. The topological polar surface area (TPSA) is 101 Å². The van der Waals surface area contributed by atoms with Crippen LogP contribution >= 0.6 is 0 Å². The molecule has 0 unspecified atom stereocenters. The second-order valence-corrected chi connectivity index (χ2v) is 4.91. The van der Waals surface area contributed by atoms with Crippen molar-refractivity contribution in [3.8, 4) is 0 Å². The van der Waals surface area contributed by atoms with Crippen molar-refractivity contribution in [2.45, 2.75) is 0 Å². The lowest BCUT2D eigenvalue weighted by molar-refractivity contribution is 0.523. The Bertz CT molecular complexity index is 468. The van der Waals surface area contributed by atoms with Crippen LogP contribution in [0.2, 0.25) is 0 Å². The highest BCUT2D eigenvalue weighted by Crippen LogP contribution is 2.02. The van der Waals surface area contributed by atoms with E-state index < -0.39 is 10.2 Å². The van der Waals surface area contributed by atoms with Crippen molar-refractivity contribution in [1.82, 2.24) is 9.29 Å². The molecule has 0 amide bonds. The van der Waals surface area contributed by atoms with E-state index in [4.69, 9.17) is 5.73 Å². The number of anilines is 1. The average Bonchev–Trinajstić information content (AvgIpc) is 2.17. The van der Waals surface area contributed by atoms with Crippen LogP contribution in [0.4, 0.5) is 5.69 Å². The van der Waals surface area contributed by atoms with Crippen LogP contribution in [0.25, 0.3) is 0 Å². The number of hydrogen-bond donors (Lipinski definition) is 2. The molecule has 1 rings (SSSR count). The molecule has 3 N–H and O–H groups in total. The van der Waals surface area contributed by atoms with Crippen molar-refractivity contribution >= 4 is 21.9 Å². The molecule has 1 heterocycles. The Morgan fingerprint density at radius 1 is 1.56 bits per heavy atom. The van der Waals surface area contributed by atoms with Crippen molar-refractivity contribution in [2.75, 3.05) is 19.4 Å². The number of rotatable bonds is 3. The molecule has 8 heteroatoms. The largest absolute Gasteiger partial charge is 0.369 e. The zero-order valence-corrected chi connectivity index (χ0v) is 9.77. The number of hydrogen-bond acceptors (Lipinski definition) is 3. The zero-order chi connectivity index (χ0) is 12.2. The van der Waals surface area contributed by atoms with E-state index in [2.05, 4.69) is 14.7 Å². The Balaban J connectivity index is 2.81. The van der Waals surface area contributed by atoms with Gasteiger partial charge in [-0.25, -0.2) is 0 Å². The number of aromatic nitrogens is 1. The first-order valence-corrected chi connectivity index (χ1v) is 5.76. The molecule has 1 aromatic heterocycles. The third kappa shape index (κ3) is 3.48. The minimum absolute atomic E-state index is 0.207. The predicted molar refractivity (Wildman–Crippen MR) is 62.1 cm³/mol. The average molecular weight is 243 g/mol. The summed E-state index contributed by atoms with van der Waals surface area (Å²) in [5.41, 5.74) is 6.00. The van der Waals surface area contributed by atoms with Crippen LogP contribution in [0.3, 0.4) is 0 Å². The van der Waals surface area contributed by atoms with Crippen LogP contribution in [0.1, 0.15) is 0 Å². The van der Waals surface area contributed by atoms with Crippen LogP contribution in [0.5, 0.6) is 0 Å². The summed E-state index contributed by atoms with van der Waals surface area (Å²) in [6, 6.07) is 3.38. The third-order valence-electron chi connectivity index (χ3n) is 1.61. The normalized spacial score (nSPS) is 12.8. The fourth-order valence-electron chi connectivity index (χ4n) is 0.813. The minimum Gasteiger partial charge on any atom is -0.369 e. The SMILES string of the molecule is CN(C)S(=O)(=O)N=C(N)Nc1cccnc1. The van der Waals surface area contributed by atoms with Crippen molar-refractivity contribution in [3.63, 3.8) is 0 Å². The fraction of sp³-hybridized carbons (Fsp3) is 0.250. The van der Waals surface area contributed by atoms with E-state index in [1.165, 1.54) is 20.3 Å². The molecule has 0 fully saturated rings. The van der Waals surface area contributed by atoms with Gasteiger partial charge in [0.25, 0.3) is 0 Å². The van der Waals surface area contributed by atoms with Gasteiger partial charge in [-0.05, 0) is 12.1 Å². The molecule has 0 radical (unpaired) electrons. The van der Waals surface area contributed by atoms with E-state index in [1.54, 1.807) is 18.3 Å². The molecular formula is C8H13N5O2S. The summed E-state index contributed by atoms with van der Waals surface area (Å²) in [6.45, 7) is 0. The molecule has 1 aromatic rings. The van der Waals surface area contributed by atoms with E-state index in [1.807, 2.05) is 0 Å². The minimum atomic E-state index is -3.70. The molecule has 0 aliphatic rings. The molecule has 7 nitrogen and oxygen atoms in total. The van der Waals surface area contributed by atoms with Crippen molar-refractivity contribution in [3.05, 3.63) is 24.5 Å². The van der Waals surface area contributed by atoms with Crippen LogP contribution in [0, 0.1) is 0 Å². The van der Waals surface area contributed by atoms with Crippen molar-refractivity contribution < 1.29 is 8.42 Å². The Morgan fingerprint density at radius 2 is 2.25 bits per heavy atom. The molecule has 0 spiro atoms. The van der Waals surface area contributed by atoms with Crippen LogP contribution in [0.15, 0.2) is 28.9 Å². The van der Waals surface area contributed by atoms with Crippen molar-refractivity contribution in [1.29, 1.82) is 0 Å². The monoisotopic (exact) mass is 243 g/mol. The Morgan fingerprint density at radius 3 is 2.75 bits per heavy atom. The first-order chi connectivity index (χ1) is 7.42. The van der Waals surface area contributed by atoms with E-state index in [9.17, 15) is 8.42 Å². The van der Waals surface area contributed by atoms with E-state index in [0.29, 0.717) is 5.69 Å². The third-order valence-corrected chi connectivity index (χ3v) is 2.96. The van der Waals surface area contributed by atoms with Gasteiger partial charge in [0.15, 0.2) is 0 Å². The van der Waals surface area contributed by atoms with Gasteiger partial charge in [0, 0.05) is 20.3 Å². The van der Waals surface area contributed by atoms with Gasteiger partial charge in [0.2, 0.25) is 5.96 Å². The van der Waals surface area contributed by atoms with Crippen LogP contribution in [-0.4, -0.2) is 37.8 Å². The maximum atomic E-state index is 11.3. The highest BCUT2D eigenvalue weighted by molar-refractivity contribution is 7.87. The summed E-state index contributed by atoms with van der Waals surface area (Å²) in [5, 5.41) is 2.61. The number of nitrogens with two attached hydrogens (primary N) is 1. The van der Waals surface area contributed by atoms with E-state index >= 15 is 0 Å². The van der Waals surface area contributed by atoms with Gasteiger partial charge in [-0.1, -0.05) is 0 Å². The quantitative estimate of drug-likeness (QED) is 0.556. The van der Waals surface area contributed by atoms with E-state index in [-0.39, 0.29) is 5.96 Å². The van der Waals surface area contributed by atoms with Crippen LogP contribution < -0.4 is 11.1 Å². The van der Waals surface area contributed by atoms with Gasteiger partial charge in [-0.3, -0.25) is 4.98 Å². The number of pyridine rings is 1. The molecule has 0 aromatic carbocycles. The predicted octanol–water partition coefficient (Wildman–Crippen LogP) is -0.385. The molecule has 0 bridgehead atoms. The fourth-order valence-corrected chi connectivity index (χ4v) is 1.27. The number of guanidine groups is 1. The standard InChI is InChI=1S/C8H13N5O2S/c1-13(2)16(14,15)12-8(9)11-7-4-3-5-10-6-7/h3-6H,1-2H3,(H3,9,11,12). The Kier molecular flexibility index (Phi) is 3.80. The highest BCUT2D eigenvalue weighted by atomic mass is 32.2. The molecule has 0 atom stereocenters. The number of nitrogens with zero attached hydrogens (tertiary/aromatic N) is 3. The van der Waals surface area contributed by atoms with Gasteiger partial charge in [0.05, 0.1) is 11.9 Å². The maximum Gasteiger partial charge on any atom is 0.325 e. The molecule has 0 aliphatic heterocycles. The molecule has 16 heavy (non-hydrogen) atoms. The lowest BCUT2D eigenvalue weighted by atomic mass is 10.4. The van der Waals surface area contributed by atoms with Gasteiger partial charge in [-0.15, -0.1) is 4.40 Å². The second kappa shape index (κ2) is 4.90. The molecule has 88 valence electrons. The summed E-state index contributed by atoms with van der Waals surface area (Å²) in [5.74, 6) is -0.207. The van der Waals surface area contributed by atoms with Gasteiger partial charge in [0.1, 0.15) is 0 Å². The van der Waals surface area contributed by atoms with Crippen LogP contribution in [-0.2, 0) is 10.2 Å². The van der Waals surface area contributed by atoms with Gasteiger partial charge >= 0.3 is 10.2 Å². The summed E-state index contributed by atoms with van der Waals surface area (Å²) < 4.78 is 27.0. The summed E-state index contributed by atoms with van der Waals surface area (Å²) in [7, 11) is -0.962. The summed E-state index contributed by atoms with van der Waals surface area (Å²) >= 11 is 0. The highest BCUT2D eigenvalue weighted by Gasteiger charge is 2.11. The van der Waals surface area contributed by atoms with Crippen molar-refractivity contribution in [2.24, 2.45) is 10.1 Å². The molecular weight excluding hydrogens is 230 g/mol. The van der Waals surface area contributed by atoms with Gasteiger partial charge in [-0.2, -0.15) is 12.7 Å². The smallest absolute Gasteiger partial charge is 0.325 e. The number of nitrogens with one attached hydrogen (secondary N) is 1. The zero-order valence-electron chi connectivity index (χ0n) is 8.95. The first kappa shape index (κ1) is 12.4. The Hall–Kier alpha value is -1.67. The maximum absolute atomic E-state index is 11.3.